The Bertz CT molecular complexity index is 1630. The van der Waals surface area contributed by atoms with E-state index in [0.29, 0.717) is 29.2 Å². The number of halogens is 1. The van der Waals surface area contributed by atoms with E-state index in [1.807, 2.05) is 13.0 Å². The van der Waals surface area contributed by atoms with E-state index >= 15 is 0 Å². The van der Waals surface area contributed by atoms with Gasteiger partial charge in [-0.1, -0.05) is 41.4 Å². The Kier molecular flexibility index (Phi) is 8.68. The molecule has 0 fully saturated rings. The molecule has 4 aromatic rings. The molecular formula is C28H27ClN4O5S. The maximum Gasteiger partial charge on any atom is 0.264 e. The van der Waals surface area contributed by atoms with E-state index in [4.69, 9.17) is 21.1 Å². The molecule has 0 saturated heterocycles. The third-order valence-corrected chi connectivity index (χ3v) is 7.80. The van der Waals surface area contributed by atoms with Gasteiger partial charge in [0, 0.05) is 17.0 Å². The molecular weight excluding hydrogens is 540 g/mol. The third-order valence-electron chi connectivity index (χ3n) is 5.73. The largest absolute Gasteiger partial charge is 0.497 e. The molecule has 9 nitrogen and oxygen atoms in total. The Hall–Kier alpha value is -4.15. The van der Waals surface area contributed by atoms with Crippen molar-refractivity contribution in [3.63, 3.8) is 0 Å². The third kappa shape index (κ3) is 6.47. The number of carbonyl (C=O) groups excluding carboxylic acids is 1. The van der Waals surface area contributed by atoms with Crippen molar-refractivity contribution in [3.8, 4) is 11.5 Å². The van der Waals surface area contributed by atoms with Gasteiger partial charge in [-0.25, -0.2) is 18.8 Å². The Morgan fingerprint density at radius 2 is 1.85 bits per heavy atom. The minimum absolute atomic E-state index is 0.0429. The van der Waals surface area contributed by atoms with Gasteiger partial charge in [0.1, 0.15) is 23.2 Å². The molecule has 1 N–H and O–H groups in total. The quantitative estimate of drug-likeness (QED) is 0.165. The zero-order chi connectivity index (χ0) is 28.0. The van der Waals surface area contributed by atoms with Crippen molar-refractivity contribution >= 4 is 50.3 Å². The van der Waals surface area contributed by atoms with E-state index in [2.05, 4.69) is 15.5 Å². The predicted octanol–water partition coefficient (Wildman–Crippen LogP) is 4.95. The highest BCUT2D eigenvalue weighted by Crippen LogP contribution is 2.32. The van der Waals surface area contributed by atoms with Gasteiger partial charge in [-0.05, 0) is 56.3 Å². The number of methoxy groups -OCH3 is 1. The average molecular weight is 567 g/mol. The summed E-state index contributed by atoms with van der Waals surface area (Å²) in [5.74, 6) is 0.316. The van der Waals surface area contributed by atoms with Crippen LogP contribution in [0.2, 0.25) is 5.15 Å². The first kappa shape index (κ1) is 27.9. The minimum Gasteiger partial charge on any atom is -0.497 e. The van der Waals surface area contributed by atoms with Crippen LogP contribution in [0.25, 0.3) is 10.9 Å². The van der Waals surface area contributed by atoms with Gasteiger partial charge in [0.25, 0.3) is 15.9 Å². The van der Waals surface area contributed by atoms with Crippen LogP contribution in [0.1, 0.15) is 18.1 Å². The predicted molar refractivity (Wildman–Crippen MR) is 152 cm³/mol. The van der Waals surface area contributed by atoms with Gasteiger partial charge >= 0.3 is 0 Å². The number of rotatable bonds is 10. The van der Waals surface area contributed by atoms with Gasteiger partial charge in [-0.3, -0.25) is 9.10 Å². The van der Waals surface area contributed by atoms with Gasteiger partial charge in [-0.2, -0.15) is 5.10 Å². The van der Waals surface area contributed by atoms with Crippen LogP contribution in [0.5, 0.6) is 11.5 Å². The maximum atomic E-state index is 13.7. The van der Waals surface area contributed by atoms with Crippen LogP contribution in [-0.4, -0.2) is 45.8 Å². The Morgan fingerprint density at radius 1 is 1.10 bits per heavy atom. The van der Waals surface area contributed by atoms with Crippen molar-refractivity contribution < 1.29 is 22.7 Å². The number of nitrogens with one attached hydrogen (secondary N) is 1. The molecule has 0 unspecified atom stereocenters. The number of hydrogen-bond donors (Lipinski definition) is 1. The lowest BCUT2D eigenvalue weighted by molar-refractivity contribution is -0.119. The number of carbonyl (C=O) groups is 1. The summed E-state index contributed by atoms with van der Waals surface area (Å²) in [6.45, 7) is 3.43. The summed E-state index contributed by atoms with van der Waals surface area (Å²) in [6, 6.07) is 20.2. The molecule has 0 spiro atoms. The van der Waals surface area contributed by atoms with E-state index in [1.165, 1.54) is 18.3 Å². The fourth-order valence-electron chi connectivity index (χ4n) is 3.77. The van der Waals surface area contributed by atoms with E-state index < -0.39 is 22.5 Å². The van der Waals surface area contributed by atoms with Crippen LogP contribution < -0.4 is 19.2 Å². The molecule has 0 aliphatic rings. The summed E-state index contributed by atoms with van der Waals surface area (Å²) in [5, 5.41) is 4.97. The topological polar surface area (TPSA) is 110 Å². The highest BCUT2D eigenvalue weighted by atomic mass is 35.5. The van der Waals surface area contributed by atoms with Crippen molar-refractivity contribution in [1.29, 1.82) is 0 Å². The summed E-state index contributed by atoms with van der Waals surface area (Å²) >= 11 is 6.31. The van der Waals surface area contributed by atoms with Gasteiger partial charge in [0.2, 0.25) is 0 Å². The normalized spacial score (nSPS) is 11.5. The second-order valence-electron chi connectivity index (χ2n) is 8.45. The van der Waals surface area contributed by atoms with E-state index in [9.17, 15) is 13.2 Å². The number of fused-ring (bicyclic) bond motifs is 1. The van der Waals surface area contributed by atoms with E-state index in [-0.39, 0.29) is 15.7 Å². The Labute approximate surface area is 232 Å². The summed E-state index contributed by atoms with van der Waals surface area (Å²) in [5.41, 5.74) is 4.64. The van der Waals surface area contributed by atoms with Gasteiger partial charge < -0.3 is 9.47 Å². The summed E-state index contributed by atoms with van der Waals surface area (Å²) < 4.78 is 39.2. The van der Waals surface area contributed by atoms with Crippen LogP contribution in [0, 0.1) is 6.92 Å². The summed E-state index contributed by atoms with van der Waals surface area (Å²) in [4.78, 5) is 17.3. The number of hydrazone groups is 1. The van der Waals surface area contributed by atoms with Gasteiger partial charge in [-0.15, -0.1) is 0 Å². The number of anilines is 1. The first-order valence-electron chi connectivity index (χ1n) is 12.0. The molecule has 0 saturated carbocycles. The molecule has 0 aliphatic carbocycles. The highest BCUT2D eigenvalue weighted by molar-refractivity contribution is 7.92. The number of aromatic nitrogens is 1. The monoisotopic (exact) mass is 566 g/mol. The SMILES string of the molecule is CCOc1ccccc1N(CC(=O)N/N=C\c1cc2ccc(OC)cc2nc1Cl)S(=O)(=O)c1ccc(C)cc1. The first-order valence-corrected chi connectivity index (χ1v) is 13.8. The number of aryl methyl sites for hydroxylation is 1. The zero-order valence-electron chi connectivity index (χ0n) is 21.6. The van der Waals surface area contributed by atoms with E-state index in [1.54, 1.807) is 68.6 Å². The molecule has 1 heterocycles. The lowest BCUT2D eigenvalue weighted by Crippen LogP contribution is -2.39. The van der Waals surface area contributed by atoms with Gasteiger partial charge in [0.15, 0.2) is 0 Å². The lowest BCUT2D eigenvalue weighted by atomic mass is 10.1. The first-order chi connectivity index (χ1) is 18.7. The molecule has 4 rings (SSSR count). The van der Waals surface area contributed by atoms with Crippen LogP contribution >= 0.6 is 11.6 Å². The van der Waals surface area contributed by atoms with Crippen LogP contribution in [0.4, 0.5) is 5.69 Å². The molecule has 11 heteroatoms. The fraction of sp³-hybridized carbons (Fsp3) is 0.179. The molecule has 1 aromatic heterocycles. The maximum absolute atomic E-state index is 13.7. The Morgan fingerprint density at radius 3 is 2.56 bits per heavy atom. The molecule has 0 bridgehead atoms. The number of amides is 1. The molecule has 1 amide bonds. The highest BCUT2D eigenvalue weighted by Gasteiger charge is 2.29. The number of benzene rings is 3. The number of hydrogen-bond acceptors (Lipinski definition) is 7. The standard InChI is InChI=1S/C28H27ClN4O5S/c1-4-38-26-8-6-5-7-25(26)33(39(35,36)23-13-9-19(2)10-14-23)18-27(34)32-30-17-21-15-20-11-12-22(37-3)16-24(20)31-28(21)29/h5-17H,4,18H2,1-3H3,(H,32,34)/b30-17-. The minimum atomic E-state index is -4.12. The molecule has 3 aromatic carbocycles. The number of pyridine rings is 1. The number of para-hydroxylation sites is 2. The summed E-state index contributed by atoms with van der Waals surface area (Å²) in [6.07, 6.45) is 1.35. The Balaban J connectivity index is 1.59. The van der Waals surface area contributed by atoms with Crippen LogP contribution in [-0.2, 0) is 14.8 Å². The molecule has 202 valence electrons. The zero-order valence-corrected chi connectivity index (χ0v) is 23.2. The van der Waals surface area contributed by atoms with Crippen molar-refractivity contribution in [1.82, 2.24) is 10.4 Å². The summed E-state index contributed by atoms with van der Waals surface area (Å²) in [7, 11) is -2.56. The molecule has 0 radical (unpaired) electrons. The lowest BCUT2D eigenvalue weighted by Gasteiger charge is -2.25. The van der Waals surface area contributed by atoms with Crippen LogP contribution in [0.3, 0.4) is 0 Å². The molecule has 39 heavy (non-hydrogen) atoms. The molecule has 0 atom stereocenters. The van der Waals surface area contributed by atoms with Crippen LogP contribution in [0.15, 0.2) is 82.8 Å². The fourth-order valence-corrected chi connectivity index (χ4v) is 5.40. The average Bonchev–Trinajstić information content (AvgIpc) is 2.92. The van der Waals surface area contributed by atoms with Gasteiger partial charge in [0.05, 0.1) is 36.0 Å². The van der Waals surface area contributed by atoms with Crippen molar-refractivity contribution in [2.24, 2.45) is 5.10 Å². The van der Waals surface area contributed by atoms with Crippen molar-refractivity contribution in [2.75, 3.05) is 24.6 Å². The number of ether oxygens (including phenoxy) is 2. The number of nitrogens with zero attached hydrogens (tertiary/aromatic N) is 3. The second kappa shape index (κ2) is 12.1. The second-order valence-corrected chi connectivity index (χ2v) is 10.7. The molecule has 0 aliphatic heterocycles. The van der Waals surface area contributed by atoms with Crippen molar-refractivity contribution in [3.05, 3.63) is 89.1 Å². The number of sulfonamides is 1. The van der Waals surface area contributed by atoms with E-state index in [0.717, 1.165) is 15.3 Å². The van der Waals surface area contributed by atoms with Crippen molar-refractivity contribution in [2.45, 2.75) is 18.7 Å². The smallest absolute Gasteiger partial charge is 0.264 e.